The molecule has 0 saturated carbocycles. The number of anilines is 1. The number of amidine groups is 1. The van der Waals surface area contributed by atoms with Crippen LogP contribution in [-0.2, 0) is 16.6 Å². The summed E-state index contributed by atoms with van der Waals surface area (Å²) >= 11 is 1.32. The van der Waals surface area contributed by atoms with Crippen molar-refractivity contribution in [2.75, 3.05) is 11.6 Å². The van der Waals surface area contributed by atoms with Crippen LogP contribution in [-0.4, -0.2) is 40.4 Å². The van der Waals surface area contributed by atoms with Crippen LogP contribution >= 0.6 is 11.8 Å². The normalized spacial score (nSPS) is 14.4. The van der Waals surface area contributed by atoms with Crippen molar-refractivity contribution >= 4 is 44.3 Å². The zero-order valence-corrected chi connectivity index (χ0v) is 18.9. The van der Waals surface area contributed by atoms with E-state index in [0.717, 1.165) is 5.56 Å². The number of hydrogen-bond acceptors (Lipinski definition) is 8. The lowest BCUT2D eigenvalue weighted by Crippen LogP contribution is -2.33. The minimum absolute atomic E-state index is 0.00539. The molecule has 3 heterocycles. The maximum atomic E-state index is 13.6. The summed E-state index contributed by atoms with van der Waals surface area (Å²) in [6, 6.07) is 17.1. The minimum atomic E-state index is -4.08. The predicted molar refractivity (Wildman–Crippen MR) is 127 cm³/mol. The number of nitrogens with one attached hydrogen (secondary N) is 1. The quantitative estimate of drug-likeness (QED) is 0.428. The summed E-state index contributed by atoms with van der Waals surface area (Å²) < 4.78 is 30.7. The van der Waals surface area contributed by atoms with Crippen molar-refractivity contribution in [3.63, 3.8) is 0 Å². The van der Waals surface area contributed by atoms with Crippen LogP contribution in [0.1, 0.15) is 11.1 Å². The summed E-state index contributed by atoms with van der Waals surface area (Å²) in [6.07, 6.45) is 1.81. The molecule has 4 aromatic rings. The van der Waals surface area contributed by atoms with E-state index in [1.54, 1.807) is 24.3 Å². The summed E-state index contributed by atoms with van der Waals surface area (Å²) in [6.45, 7) is 0.146. The second kappa shape index (κ2) is 8.01. The Morgan fingerprint density at radius 1 is 1.06 bits per heavy atom. The number of nitrogens with zero attached hydrogens (tertiary/aromatic N) is 4. The fourth-order valence-corrected chi connectivity index (χ4v) is 5.14. The Hall–Kier alpha value is -3.70. The summed E-state index contributed by atoms with van der Waals surface area (Å²) in [5.41, 5.74) is 0.383. The Bertz CT molecular complexity index is 1600. The number of fused-ring (bicyclic) bond motifs is 2. The number of benzene rings is 2. The summed E-state index contributed by atoms with van der Waals surface area (Å²) in [5.74, 6) is -0.659. The monoisotopic (exact) mass is 479 g/mol. The predicted octanol–water partition coefficient (Wildman–Crippen LogP) is 2.83. The van der Waals surface area contributed by atoms with Gasteiger partial charge in [-0.1, -0.05) is 42.5 Å². The molecule has 0 bridgehead atoms. The van der Waals surface area contributed by atoms with Crippen LogP contribution in [0.2, 0.25) is 0 Å². The van der Waals surface area contributed by atoms with E-state index in [2.05, 4.69) is 19.9 Å². The van der Waals surface area contributed by atoms with Gasteiger partial charge in [0.15, 0.2) is 11.5 Å². The maximum absolute atomic E-state index is 13.6. The van der Waals surface area contributed by atoms with Gasteiger partial charge in [-0.2, -0.15) is 8.42 Å². The van der Waals surface area contributed by atoms with E-state index in [4.69, 9.17) is 0 Å². The Balaban J connectivity index is 1.80. The van der Waals surface area contributed by atoms with E-state index in [1.807, 2.05) is 36.6 Å². The molecule has 0 radical (unpaired) electrons. The molecule has 33 heavy (non-hydrogen) atoms. The largest absolute Gasteiger partial charge is 0.506 e. The first-order valence-electron chi connectivity index (χ1n) is 9.81. The Morgan fingerprint density at radius 3 is 2.55 bits per heavy atom. The van der Waals surface area contributed by atoms with Gasteiger partial charge in [0.25, 0.3) is 15.6 Å². The highest BCUT2D eigenvalue weighted by Gasteiger charge is 2.30. The number of para-hydroxylation sites is 1. The fourth-order valence-electron chi connectivity index (χ4n) is 3.66. The molecule has 0 unspecified atom stereocenters. The van der Waals surface area contributed by atoms with E-state index in [-0.39, 0.29) is 39.6 Å². The third-order valence-corrected chi connectivity index (χ3v) is 7.17. The molecule has 0 atom stereocenters. The van der Waals surface area contributed by atoms with Crippen LogP contribution in [0.3, 0.4) is 0 Å². The van der Waals surface area contributed by atoms with Gasteiger partial charge >= 0.3 is 0 Å². The van der Waals surface area contributed by atoms with E-state index in [9.17, 15) is 18.3 Å². The van der Waals surface area contributed by atoms with Gasteiger partial charge in [0.1, 0.15) is 21.2 Å². The minimum Gasteiger partial charge on any atom is -0.506 e. The lowest BCUT2D eigenvalue weighted by molar-refractivity contribution is 0.477. The molecule has 0 spiro atoms. The molecule has 11 heteroatoms. The molecule has 166 valence electrons. The summed E-state index contributed by atoms with van der Waals surface area (Å²) in [7, 11) is -4.08. The molecule has 0 fully saturated rings. The van der Waals surface area contributed by atoms with Crippen LogP contribution in [0, 0.1) is 0 Å². The molecule has 0 saturated heterocycles. The van der Waals surface area contributed by atoms with Crippen LogP contribution < -0.4 is 10.9 Å². The number of aromatic hydroxyl groups is 1. The smallest absolute Gasteiger partial charge is 0.286 e. The van der Waals surface area contributed by atoms with Crippen molar-refractivity contribution in [2.45, 2.75) is 16.5 Å². The van der Waals surface area contributed by atoms with Crippen molar-refractivity contribution in [3.05, 3.63) is 82.1 Å². The second-order valence-corrected chi connectivity index (χ2v) is 9.66. The van der Waals surface area contributed by atoms with Gasteiger partial charge in [-0.05, 0) is 30.0 Å². The molecule has 2 aromatic carbocycles. The van der Waals surface area contributed by atoms with Crippen molar-refractivity contribution in [3.8, 4) is 5.75 Å². The topological polar surface area (TPSA) is 127 Å². The molecular weight excluding hydrogens is 462 g/mol. The average Bonchev–Trinajstić information content (AvgIpc) is 2.82. The number of sulfonamides is 1. The highest BCUT2D eigenvalue weighted by molar-refractivity contribution is 7.98. The molecule has 9 nitrogen and oxygen atoms in total. The van der Waals surface area contributed by atoms with Gasteiger partial charge in [-0.25, -0.2) is 0 Å². The van der Waals surface area contributed by atoms with E-state index in [1.165, 1.54) is 22.4 Å². The zero-order valence-electron chi connectivity index (χ0n) is 17.3. The average molecular weight is 480 g/mol. The number of thioether (sulfide) groups is 1. The Morgan fingerprint density at radius 2 is 1.79 bits per heavy atom. The third-order valence-electron chi connectivity index (χ3n) is 5.22. The van der Waals surface area contributed by atoms with Crippen LogP contribution in [0.25, 0.3) is 11.0 Å². The lowest BCUT2D eigenvalue weighted by Gasteiger charge is -2.20. The van der Waals surface area contributed by atoms with Crippen molar-refractivity contribution < 1.29 is 13.5 Å². The Kier molecular flexibility index (Phi) is 5.14. The molecule has 2 N–H and O–H groups in total. The standard InChI is InChI=1S/C22H17N5O4S2/c1-32-17-11-14-19(28)18(20-23-15-9-5-6-10-16(15)33(30,31)26-20)22(29)27(21(14)25-24-17)12-13-7-3-2-4-8-13/h2-11,28H,12H2,1H3,(H,23,26). The van der Waals surface area contributed by atoms with Crippen molar-refractivity contribution in [2.24, 2.45) is 4.40 Å². The molecule has 1 aliphatic rings. The van der Waals surface area contributed by atoms with E-state index in [0.29, 0.717) is 5.03 Å². The van der Waals surface area contributed by atoms with Gasteiger partial charge in [0, 0.05) is 0 Å². The number of aromatic nitrogens is 3. The lowest BCUT2D eigenvalue weighted by atomic mass is 10.1. The maximum Gasteiger partial charge on any atom is 0.286 e. The zero-order chi connectivity index (χ0) is 23.2. The van der Waals surface area contributed by atoms with Crippen molar-refractivity contribution in [1.82, 2.24) is 14.8 Å². The highest BCUT2D eigenvalue weighted by Crippen LogP contribution is 2.32. The first-order valence-corrected chi connectivity index (χ1v) is 12.5. The first kappa shape index (κ1) is 21.2. The number of rotatable bonds is 4. The van der Waals surface area contributed by atoms with Crippen molar-refractivity contribution in [1.29, 1.82) is 0 Å². The van der Waals surface area contributed by atoms with Crippen LogP contribution in [0.5, 0.6) is 5.75 Å². The first-order chi connectivity index (χ1) is 15.9. The fraction of sp³-hybridized carbons (Fsp3) is 0.0909. The van der Waals surface area contributed by atoms with Crippen LogP contribution in [0.4, 0.5) is 5.69 Å². The van der Waals surface area contributed by atoms with Gasteiger partial charge < -0.3 is 10.4 Å². The van der Waals surface area contributed by atoms with Gasteiger partial charge in [0.2, 0.25) is 0 Å². The van der Waals surface area contributed by atoms with Crippen LogP contribution in [0.15, 0.2) is 79.8 Å². The highest BCUT2D eigenvalue weighted by atomic mass is 32.2. The third kappa shape index (κ3) is 3.64. The molecule has 2 aromatic heterocycles. The van der Waals surface area contributed by atoms with Gasteiger partial charge in [0.05, 0.1) is 17.6 Å². The molecule has 1 aliphatic heterocycles. The molecule has 0 aliphatic carbocycles. The summed E-state index contributed by atoms with van der Waals surface area (Å²) in [4.78, 5) is 13.6. The number of hydrogen-bond donors (Lipinski definition) is 2. The summed E-state index contributed by atoms with van der Waals surface area (Å²) in [5, 5.41) is 23.1. The Labute approximate surface area is 192 Å². The van der Waals surface area contributed by atoms with E-state index >= 15 is 0 Å². The second-order valence-electron chi connectivity index (χ2n) is 7.26. The molecular formula is C22H17N5O4S2. The number of pyridine rings is 1. The van der Waals surface area contributed by atoms with E-state index < -0.39 is 21.3 Å². The van der Waals surface area contributed by atoms with Gasteiger partial charge in [-0.3, -0.25) is 9.36 Å². The molecule has 0 amide bonds. The van der Waals surface area contributed by atoms with Gasteiger partial charge in [-0.15, -0.1) is 26.4 Å². The SMILES string of the molecule is CSc1cc2c(O)c(C3=NS(=O)(=O)c4ccccc4N3)c(=O)n(Cc3ccccc3)c2nn1. The molecule has 5 rings (SSSR count).